The molecule has 6 heteroatoms. The Morgan fingerprint density at radius 3 is 2.92 bits per heavy atom. The molecule has 25 heavy (non-hydrogen) atoms. The van der Waals surface area contributed by atoms with Crippen molar-refractivity contribution in [2.24, 2.45) is 0 Å². The number of amides is 1. The summed E-state index contributed by atoms with van der Waals surface area (Å²) in [5, 5.41) is 7.72. The van der Waals surface area contributed by atoms with Crippen molar-refractivity contribution in [2.45, 2.75) is 6.54 Å². The number of nitrogens with zero attached hydrogens (tertiary/aromatic N) is 1. The molecule has 0 aliphatic rings. The molecule has 0 spiro atoms. The van der Waals surface area contributed by atoms with Crippen molar-refractivity contribution in [2.75, 3.05) is 0 Å². The summed E-state index contributed by atoms with van der Waals surface area (Å²) in [7, 11) is 0. The molecular formula is C19H13FN2OS2. The molecule has 1 amide bonds. The van der Waals surface area contributed by atoms with Crippen LogP contribution < -0.4 is 5.32 Å². The summed E-state index contributed by atoms with van der Waals surface area (Å²) in [6, 6.07) is 12.1. The van der Waals surface area contributed by atoms with E-state index in [9.17, 15) is 9.18 Å². The average Bonchev–Trinajstić information content (AvgIpc) is 3.29. The topological polar surface area (TPSA) is 42.0 Å². The first kappa shape index (κ1) is 15.9. The van der Waals surface area contributed by atoms with Crippen LogP contribution in [0, 0.1) is 5.82 Å². The first-order chi connectivity index (χ1) is 12.2. The Bertz CT molecular complexity index is 1040. The van der Waals surface area contributed by atoms with Gasteiger partial charge in [-0.25, -0.2) is 4.39 Å². The van der Waals surface area contributed by atoms with Crippen LogP contribution in [0.25, 0.3) is 21.3 Å². The monoisotopic (exact) mass is 368 g/mol. The quantitative estimate of drug-likeness (QED) is 0.545. The molecule has 0 atom stereocenters. The van der Waals surface area contributed by atoms with E-state index in [1.54, 1.807) is 29.7 Å². The minimum Gasteiger partial charge on any atom is -0.347 e. The molecule has 3 aromatic heterocycles. The molecule has 4 rings (SSSR count). The van der Waals surface area contributed by atoms with E-state index in [0.717, 1.165) is 26.9 Å². The van der Waals surface area contributed by atoms with Gasteiger partial charge in [0.15, 0.2) is 0 Å². The van der Waals surface area contributed by atoms with Crippen molar-refractivity contribution in [3.63, 3.8) is 0 Å². The molecule has 0 aliphatic heterocycles. The molecule has 0 unspecified atom stereocenters. The molecule has 0 saturated heterocycles. The van der Waals surface area contributed by atoms with Gasteiger partial charge in [-0.1, -0.05) is 0 Å². The van der Waals surface area contributed by atoms with Gasteiger partial charge in [-0.15, -0.1) is 11.3 Å². The predicted octanol–water partition coefficient (Wildman–Crippen LogP) is 5.09. The number of aromatic nitrogens is 1. The van der Waals surface area contributed by atoms with Crippen LogP contribution in [-0.4, -0.2) is 10.9 Å². The van der Waals surface area contributed by atoms with Crippen LogP contribution in [0.15, 0.2) is 59.4 Å². The number of halogens is 1. The maximum atomic E-state index is 13.3. The zero-order valence-electron chi connectivity index (χ0n) is 13.0. The highest BCUT2D eigenvalue weighted by Crippen LogP contribution is 2.26. The lowest BCUT2D eigenvalue weighted by Gasteiger charge is -2.05. The number of carbonyl (C=O) groups is 1. The summed E-state index contributed by atoms with van der Waals surface area (Å²) in [6.07, 6.45) is 1.75. The first-order valence-corrected chi connectivity index (χ1v) is 9.40. The highest BCUT2D eigenvalue weighted by atomic mass is 32.1. The third-order valence-corrected chi connectivity index (χ3v) is 5.59. The third kappa shape index (κ3) is 3.45. The van der Waals surface area contributed by atoms with Gasteiger partial charge in [0.1, 0.15) is 5.82 Å². The Morgan fingerprint density at radius 2 is 2.08 bits per heavy atom. The molecule has 1 N–H and O–H groups in total. The van der Waals surface area contributed by atoms with Gasteiger partial charge in [0.2, 0.25) is 0 Å². The summed E-state index contributed by atoms with van der Waals surface area (Å²) < 4.78 is 14.2. The van der Waals surface area contributed by atoms with Crippen molar-refractivity contribution >= 4 is 38.7 Å². The molecule has 0 bridgehead atoms. The second-order valence-corrected chi connectivity index (χ2v) is 7.40. The van der Waals surface area contributed by atoms with E-state index < -0.39 is 0 Å². The molecule has 0 aliphatic carbocycles. The van der Waals surface area contributed by atoms with Crippen LogP contribution in [0.4, 0.5) is 4.39 Å². The van der Waals surface area contributed by atoms with Gasteiger partial charge in [-0.05, 0) is 58.8 Å². The van der Waals surface area contributed by atoms with Gasteiger partial charge in [0.05, 0.1) is 10.6 Å². The Hall–Kier alpha value is -2.57. The van der Waals surface area contributed by atoms with Crippen LogP contribution in [0.1, 0.15) is 15.2 Å². The predicted molar refractivity (Wildman–Crippen MR) is 101 cm³/mol. The number of pyridine rings is 1. The fraction of sp³-hybridized carbons (Fsp3) is 0.0526. The zero-order valence-corrected chi connectivity index (χ0v) is 14.7. The maximum Gasteiger partial charge on any atom is 0.261 e. The maximum absolute atomic E-state index is 13.3. The number of fused-ring (bicyclic) bond motifs is 1. The van der Waals surface area contributed by atoms with Gasteiger partial charge in [-0.2, -0.15) is 11.3 Å². The van der Waals surface area contributed by atoms with Gasteiger partial charge in [-0.3, -0.25) is 9.78 Å². The van der Waals surface area contributed by atoms with Gasteiger partial charge < -0.3 is 5.32 Å². The van der Waals surface area contributed by atoms with Crippen LogP contribution >= 0.6 is 22.7 Å². The lowest BCUT2D eigenvalue weighted by Crippen LogP contribution is -2.21. The summed E-state index contributed by atoms with van der Waals surface area (Å²) >= 11 is 2.98. The number of nitrogens with one attached hydrogen (secondary N) is 1. The first-order valence-electron chi connectivity index (χ1n) is 7.64. The van der Waals surface area contributed by atoms with E-state index >= 15 is 0 Å². The minimum absolute atomic E-state index is 0.157. The van der Waals surface area contributed by atoms with E-state index in [-0.39, 0.29) is 11.7 Å². The average molecular weight is 368 g/mol. The Labute approximate surface area is 151 Å². The van der Waals surface area contributed by atoms with E-state index in [2.05, 4.69) is 10.3 Å². The van der Waals surface area contributed by atoms with Crippen molar-refractivity contribution in [3.05, 3.63) is 75.7 Å². The molecule has 1 aromatic carbocycles. The smallest absolute Gasteiger partial charge is 0.261 e. The number of thiophene rings is 2. The molecule has 0 saturated carbocycles. The van der Waals surface area contributed by atoms with Gasteiger partial charge in [0.25, 0.3) is 5.91 Å². The number of benzene rings is 1. The van der Waals surface area contributed by atoms with E-state index in [1.165, 1.54) is 23.5 Å². The number of hydrogen-bond acceptors (Lipinski definition) is 4. The van der Waals surface area contributed by atoms with Gasteiger partial charge >= 0.3 is 0 Å². The molecule has 3 heterocycles. The standard InChI is InChI=1S/C19H13FN2OS2/c20-15-1-2-17-14(8-15)9-18(25-17)19(23)22-10-12-3-5-21-16(7-12)13-4-6-24-11-13/h1-9,11H,10H2,(H,22,23). The lowest BCUT2D eigenvalue weighted by molar-refractivity contribution is 0.0955. The second kappa shape index (κ2) is 6.74. The molecule has 124 valence electrons. The lowest BCUT2D eigenvalue weighted by atomic mass is 10.1. The molecular weight excluding hydrogens is 355 g/mol. The minimum atomic E-state index is -0.296. The van der Waals surface area contributed by atoms with Crippen molar-refractivity contribution in [1.29, 1.82) is 0 Å². The second-order valence-electron chi connectivity index (χ2n) is 5.54. The van der Waals surface area contributed by atoms with Gasteiger partial charge in [0, 0.05) is 28.4 Å². The molecule has 3 nitrogen and oxygen atoms in total. The normalized spacial score (nSPS) is 10.9. The van der Waals surface area contributed by atoms with Crippen molar-refractivity contribution in [3.8, 4) is 11.3 Å². The van der Waals surface area contributed by atoms with E-state index in [1.807, 2.05) is 29.0 Å². The fourth-order valence-electron chi connectivity index (χ4n) is 2.55. The number of hydrogen-bond donors (Lipinski definition) is 1. The van der Waals surface area contributed by atoms with Crippen molar-refractivity contribution in [1.82, 2.24) is 10.3 Å². The SMILES string of the molecule is O=C(NCc1ccnc(-c2ccsc2)c1)c1cc2cc(F)ccc2s1. The number of carbonyl (C=O) groups excluding carboxylic acids is 1. The van der Waals surface area contributed by atoms with Crippen molar-refractivity contribution < 1.29 is 9.18 Å². The Kier molecular flexibility index (Phi) is 4.29. The molecule has 0 fully saturated rings. The zero-order chi connectivity index (χ0) is 17.2. The Morgan fingerprint density at radius 1 is 1.16 bits per heavy atom. The van der Waals surface area contributed by atoms with Crippen LogP contribution in [0.3, 0.4) is 0 Å². The van der Waals surface area contributed by atoms with Crippen LogP contribution in [-0.2, 0) is 6.54 Å². The highest BCUT2D eigenvalue weighted by Gasteiger charge is 2.11. The molecule has 0 radical (unpaired) electrons. The Balaban J connectivity index is 1.48. The summed E-state index contributed by atoms with van der Waals surface area (Å²) in [4.78, 5) is 17.3. The fourth-order valence-corrected chi connectivity index (χ4v) is 4.16. The molecule has 4 aromatic rings. The number of rotatable bonds is 4. The summed E-state index contributed by atoms with van der Waals surface area (Å²) in [6.45, 7) is 0.418. The third-order valence-electron chi connectivity index (χ3n) is 3.80. The largest absolute Gasteiger partial charge is 0.347 e. The highest BCUT2D eigenvalue weighted by molar-refractivity contribution is 7.20. The van der Waals surface area contributed by atoms with E-state index in [0.29, 0.717) is 11.4 Å². The summed E-state index contributed by atoms with van der Waals surface area (Å²) in [5.41, 5.74) is 2.95. The van der Waals surface area contributed by atoms with Crippen LogP contribution in [0.2, 0.25) is 0 Å². The summed E-state index contributed by atoms with van der Waals surface area (Å²) in [5.74, 6) is -0.453. The van der Waals surface area contributed by atoms with E-state index in [4.69, 9.17) is 0 Å². The van der Waals surface area contributed by atoms with Crippen LogP contribution in [0.5, 0.6) is 0 Å².